The lowest BCUT2D eigenvalue weighted by atomic mass is 9.99. The van der Waals surface area contributed by atoms with E-state index in [2.05, 4.69) is 16.0 Å². The standard InChI is InChI=1S/C14H20N4O3.ClH/c1-21-12-7-10(4-5-11(12)18-14(15)20)17-13(19)9-3-2-6-16-8-9;/h4-5,7,9,16H,2-3,6,8H2,1H3,(H,17,19)(H3,15,18,20);1H. The summed E-state index contributed by atoms with van der Waals surface area (Å²) in [6.45, 7) is 1.66. The molecule has 0 aliphatic carbocycles. The van der Waals surface area contributed by atoms with Gasteiger partial charge in [-0.25, -0.2) is 4.79 Å². The summed E-state index contributed by atoms with van der Waals surface area (Å²) in [5.41, 5.74) is 6.17. The zero-order valence-corrected chi connectivity index (χ0v) is 13.2. The van der Waals surface area contributed by atoms with Crippen molar-refractivity contribution in [1.82, 2.24) is 5.32 Å². The second-order valence-electron chi connectivity index (χ2n) is 4.94. The number of carbonyl (C=O) groups is 2. The molecule has 8 heteroatoms. The molecular weight excluding hydrogens is 308 g/mol. The molecule has 5 N–H and O–H groups in total. The third kappa shape index (κ3) is 4.78. The van der Waals surface area contributed by atoms with Gasteiger partial charge in [0.2, 0.25) is 5.91 Å². The highest BCUT2D eigenvalue weighted by molar-refractivity contribution is 5.94. The largest absolute Gasteiger partial charge is 0.494 e. The molecule has 1 heterocycles. The van der Waals surface area contributed by atoms with Gasteiger partial charge in [-0.05, 0) is 31.5 Å². The maximum atomic E-state index is 12.1. The molecule has 7 nitrogen and oxygen atoms in total. The van der Waals surface area contributed by atoms with Gasteiger partial charge in [0.15, 0.2) is 0 Å². The van der Waals surface area contributed by atoms with E-state index >= 15 is 0 Å². The fraction of sp³-hybridized carbons (Fsp3) is 0.429. The fourth-order valence-electron chi connectivity index (χ4n) is 2.32. The van der Waals surface area contributed by atoms with Crippen molar-refractivity contribution in [2.45, 2.75) is 12.8 Å². The molecule has 0 bridgehead atoms. The first-order valence-corrected chi connectivity index (χ1v) is 6.86. The maximum absolute atomic E-state index is 12.1. The monoisotopic (exact) mass is 328 g/mol. The van der Waals surface area contributed by atoms with Crippen LogP contribution in [0, 0.1) is 5.92 Å². The van der Waals surface area contributed by atoms with Crippen LogP contribution in [0.15, 0.2) is 18.2 Å². The number of piperidine rings is 1. The van der Waals surface area contributed by atoms with Gasteiger partial charge < -0.3 is 26.4 Å². The zero-order chi connectivity index (χ0) is 15.2. The van der Waals surface area contributed by atoms with E-state index < -0.39 is 6.03 Å². The van der Waals surface area contributed by atoms with Gasteiger partial charge in [-0.3, -0.25) is 4.79 Å². The van der Waals surface area contributed by atoms with Gasteiger partial charge in [0.1, 0.15) is 5.75 Å². The Balaban J connectivity index is 0.00000242. The number of rotatable bonds is 4. The molecule has 122 valence electrons. The van der Waals surface area contributed by atoms with Crippen LogP contribution in [0.1, 0.15) is 12.8 Å². The third-order valence-corrected chi connectivity index (χ3v) is 3.39. The van der Waals surface area contributed by atoms with Gasteiger partial charge in [-0.1, -0.05) is 0 Å². The van der Waals surface area contributed by atoms with E-state index in [0.29, 0.717) is 23.7 Å². The second kappa shape index (κ2) is 8.45. The topological polar surface area (TPSA) is 105 Å². The van der Waals surface area contributed by atoms with Gasteiger partial charge in [0.25, 0.3) is 0 Å². The van der Waals surface area contributed by atoms with Crippen molar-refractivity contribution in [2.75, 3.05) is 30.8 Å². The van der Waals surface area contributed by atoms with Crippen LogP contribution in [0.2, 0.25) is 0 Å². The molecule has 1 unspecified atom stereocenters. The number of hydrogen-bond donors (Lipinski definition) is 4. The van der Waals surface area contributed by atoms with E-state index in [9.17, 15) is 9.59 Å². The van der Waals surface area contributed by atoms with E-state index in [1.54, 1.807) is 18.2 Å². The van der Waals surface area contributed by atoms with E-state index in [1.165, 1.54) is 7.11 Å². The Morgan fingerprint density at radius 2 is 2.14 bits per heavy atom. The summed E-state index contributed by atoms with van der Waals surface area (Å²) in [7, 11) is 1.48. The highest BCUT2D eigenvalue weighted by Crippen LogP contribution is 2.28. The van der Waals surface area contributed by atoms with Crippen molar-refractivity contribution in [3.63, 3.8) is 0 Å². The molecule has 0 radical (unpaired) electrons. The number of primary amides is 1. The molecule has 2 rings (SSSR count). The Hall–Kier alpha value is -1.99. The van der Waals surface area contributed by atoms with Crippen LogP contribution in [0.4, 0.5) is 16.2 Å². The summed E-state index contributed by atoms with van der Waals surface area (Å²) in [5.74, 6) is 0.404. The third-order valence-electron chi connectivity index (χ3n) is 3.39. The number of nitrogens with two attached hydrogens (primary N) is 1. The minimum atomic E-state index is -0.668. The molecule has 1 aromatic carbocycles. The number of carbonyl (C=O) groups excluding carboxylic acids is 2. The van der Waals surface area contributed by atoms with Gasteiger partial charge in [-0.2, -0.15) is 0 Å². The van der Waals surface area contributed by atoms with E-state index in [4.69, 9.17) is 10.5 Å². The normalized spacial score (nSPS) is 17.0. The maximum Gasteiger partial charge on any atom is 0.316 e. The number of halogens is 1. The molecule has 1 aromatic rings. The molecular formula is C14H21ClN4O3. The van der Waals surface area contributed by atoms with Crippen molar-refractivity contribution in [3.8, 4) is 5.75 Å². The van der Waals surface area contributed by atoms with Crippen LogP contribution >= 0.6 is 12.4 Å². The zero-order valence-electron chi connectivity index (χ0n) is 12.3. The summed E-state index contributed by atoms with van der Waals surface area (Å²) in [5, 5.41) is 8.53. The molecule has 3 amide bonds. The number of hydrogen-bond acceptors (Lipinski definition) is 4. The lowest BCUT2D eigenvalue weighted by molar-refractivity contribution is -0.120. The predicted octanol–water partition coefficient (Wildman–Crippen LogP) is 1.55. The van der Waals surface area contributed by atoms with Crippen LogP contribution < -0.4 is 26.4 Å². The molecule has 22 heavy (non-hydrogen) atoms. The molecule has 1 atom stereocenters. The first kappa shape index (κ1) is 18.1. The molecule has 1 aliphatic rings. The van der Waals surface area contributed by atoms with Crippen molar-refractivity contribution in [1.29, 1.82) is 0 Å². The van der Waals surface area contributed by atoms with Crippen molar-refractivity contribution >= 4 is 35.7 Å². The van der Waals surface area contributed by atoms with Gasteiger partial charge in [-0.15, -0.1) is 12.4 Å². The minimum Gasteiger partial charge on any atom is -0.494 e. The number of urea groups is 1. The quantitative estimate of drug-likeness (QED) is 0.672. The first-order valence-electron chi connectivity index (χ1n) is 6.86. The van der Waals surface area contributed by atoms with Crippen molar-refractivity contribution in [3.05, 3.63) is 18.2 Å². The molecule has 0 saturated carbocycles. The van der Waals surface area contributed by atoms with E-state index in [1.807, 2.05) is 0 Å². The van der Waals surface area contributed by atoms with Crippen molar-refractivity contribution < 1.29 is 14.3 Å². The number of benzene rings is 1. The summed E-state index contributed by atoms with van der Waals surface area (Å²) in [6.07, 6.45) is 1.89. The second-order valence-corrected chi connectivity index (χ2v) is 4.94. The van der Waals surface area contributed by atoms with Gasteiger partial charge >= 0.3 is 6.03 Å². The summed E-state index contributed by atoms with van der Waals surface area (Å²) in [4.78, 5) is 23.0. The average Bonchev–Trinajstić information content (AvgIpc) is 2.49. The number of methoxy groups -OCH3 is 1. The average molecular weight is 329 g/mol. The SMILES string of the molecule is COc1cc(NC(=O)C2CCCNC2)ccc1NC(N)=O.Cl. The number of anilines is 2. The number of ether oxygens (including phenoxy) is 1. The Kier molecular flexibility index (Phi) is 6.94. The molecule has 0 aromatic heterocycles. The first-order chi connectivity index (χ1) is 10.1. The smallest absolute Gasteiger partial charge is 0.316 e. The lowest BCUT2D eigenvalue weighted by Crippen LogP contribution is -2.37. The van der Waals surface area contributed by atoms with Crippen LogP contribution in [-0.4, -0.2) is 32.1 Å². The fourth-order valence-corrected chi connectivity index (χ4v) is 2.32. The Morgan fingerprint density at radius 3 is 2.73 bits per heavy atom. The van der Waals surface area contributed by atoms with Crippen molar-refractivity contribution in [2.24, 2.45) is 11.7 Å². The summed E-state index contributed by atoms with van der Waals surface area (Å²) in [6, 6.07) is 4.32. The van der Waals surface area contributed by atoms with Crippen LogP contribution in [0.3, 0.4) is 0 Å². The van der Waals surface area contributed by atoms with Crippen LogP contribution in [-0.2, 0) is 4.79 Å². The summed E-state index contributed by atoms with van der Waals surface area (Å²) < 4.78 is 5.18. The molecule has 0 spiro atoms. The highest BCUT2D eigenvalue weighted by Gasteiger charge is 2.21. The minimum absolute atomic E-state index is 0. The van der Waals surface area contributed by atoms with E-state index in [-0.39, 0.29) is 24.2 Å². The highest BCUT2D eigenvalue weighted by atomic mass is 35.5. The number of amides is 3. The Bertz CT molecular complexity index is 533. The van der Waals surface area contributed by atoms with Gasteiger partial charge in [0, 0.05) is 18.3 Å². The summed E-state index contributed by atoms with van der Waals surface area (Å²) >= 11 is 0. The van der Waals surface area contributed by atoms with Gasteiger partial charge in [0.05, 0.1) is 18.7 Å². The van der Waals surface area contributed by atoms with Crippen LogP contribution in [0.5, 0.6) is 5.75 Å². The molecule has 1 aliphatic heterocycles. The lowest BCUT2D eigenvalue weighted by Gasteiger charge is -2.22. The Morgan fingerprint density at radius 1 is 1.36 bits per heavy atom. The van der Waals surface area contributed by atoms with E-state index in [0.717, 1.165) is 19.4 Å². The molecule has 1 saturated heterocycles. The number of nitrogens with one attached hydrogen (secondary N) is 3. The van der Waals surface area contributed by atoms with Crippen LogP contribution in [0.25, 0.3) is 0 Å². The Labute approximate surface area is 135 Å². The predicted molar refractivity (Wildman–Crippen MR) is 87.7 cm³/mol. The molecule has 1 fully saturated rings.